The largest absolute Gasteiger partial charge is 0.378 e. The van der Waals surface area contributed by atoms with E-state index in [1.54, 1.807) is 0 Å². The van der Waals surface area contributed by atoms with Crippen molar-refractivity contribution >= 4 is 15.7 Å². The van der Waals surface area contributed by atoms with Gasteiger partial charge in [0.2, 0.25) is 0 Å². The SMILES string of the molecule is [B]C([B])(C1CCCCO1)N1CC2CCCC2C1. The van der Waals surface area contributed by atoms with E-state index in [4.69, 9.17) is 20.4 Å². The first-order valence-corrected chi connectivity index (χ1v) is 7.12. The van der Waals surface area contributed by atoms with E-state index in [2.05, 4.69) is 4.90 Å². The highest BCUT2D eigenvalue weighted by Gasteiger charge is 2.44. The second-order valence-corrected chi connectivity index (χ2v) is 6.10. The Hall–Kier alpha value is 0.0499. The summed E-state index contributed by atoms with van der Waals surface area (Å²) in [7, 11) is 12.8. The fourth-order valence-electron chi connectivity index (χ4n) is 3.86. The molecule has 0 bridgehead atoms. The summed E-state index contributed by atoms with van der Waals surface area (Å²) in [6.45, 7) is 2.98. The summed E-state index contributed by atoms with van der Waals surface area (Å²) in [4.78, 5) is 2.29. The zero-order chi connectivity index (χ0) is 11.9. The molecule has 3 fully saturated rings. The van der Waals surface area contributed by atoms with E-state index in [1.165, 1.54) is 25.7 Å². The lowest BCUT2D eigenvalue weighted by Crippen LogP contribution is -2.59. The molecular formula is C13H21B2NO. The molecular weight excluding hydrogens is 208 g/mol. The molecule has 2 nitrogen and oxygen atoms in total. The lowest BCUT2D eigenvalue weighted by Gasteiger charge is -2.45. The molecule has 0 N–H and O–H groups in total. The van der Waals surface area contributed by atoms with E-state index < -0.39 is 5.34 Å². The van der Waals surface area contributed by atoms with Crippen molar-refractivity contribution in [3.05, 3.63) is 0 Å². The average molecular weight is 229 g/mol. The lowest BCUT2D eigenvalue weighted by atomic mass is 9.56. The summed E-state index contributed by atoms with van der Waals surface area (Å²) in [5.41, 5.74) is 0. The van der Waals surface area contributed by atoms with E-state index in [9.17, 15) is 0 Å². The van der Waals surface area contributed by atoms with Crippen LogP contribution < -0.4 is 0 Å². The molecule has 17 heavy (non-hydrogen) atoms. The molecule has 3 atom stereocenters. The van der Waals surface area contributed by atoms with Gasteiger partial charge in [0.05, 0.1) is 21.8 Å². The molecule has 0 amide bonds. The lowest BCUT2D eigenvalue weighted by molar-refractivity contribution is -0.0286. The predicted molar refractivity (Wildman–Crippen MR) is 70.2 cm³/mol. The van der Waals surface area contributed by atoms with Gasteiger partial charge >= 0.3 is 0 Å². The fraction of sp³-hybridized carbons (Fsp3) is 1.00. The van der Waals surface area contributed by atoms with E-state index >= 15 is 0 Å². The summed E-state index contributed by atoms with van der Waals surface area (Å²) < 4.78 is 5.79. The monoisotopic (exact) mass is 229 g/mol. The van der Waals surface area contributed by atoms with Crippen molar-refractivity contribution in [2.24, 2.45) is 11.8 Å². The zero-order valence-corrected chi connectivity index (χ0v) is 10.6. The number of likely N-dealkylation sites (tertiary alicyclic amines) is 1. The van der Waals surface area contributed by atoms with E-state index in [-0.39, 0.29) is 6.10 Å². The first-order chi connectivity index (χ1) is 8.18. The quantitative estimate of drug-likeness (QED) is 0.661. The van der Waals surface area contributed by atoms with Gasteiger partial charge in [-0.05, 0) is 49.3 Å². The summed E-state index contributed by atoms with van der Waals surface area (Å²) in [5.74, 6) is 1.68. The first-order valence-electron chi connectivity index (χ1n) is 7.12. The molecule has 2 heterocycles. The Bertz CT molecular complexity index is 267. The van der Waals surface area contributed by atoms with Crippen molar-refractivity contribution in [2.75, 3.05) is 19.7 Å². The highest BCUT2D eigenvalue weighted by molar-refractivity contribution is 6.40. The normalized spacial score (nSPS) is 39.4. The van der Waals surface area contributed by atoms with Crippen LogP contribution in [-0.4, -0.2) is 51.7 Å². The molecule has 0 aromatic heterocycles. The second-order valence-electron chi connectivity index (χ2n) is 6.10. The molecule has 3 unspecified atom stereocenters. The van der Waals surface area contributed by atoms with Crippen LogP contribution >= 0.6 is 0 Å². The molecule has 0 aromatic carbocycles. The summed E-state index contributed by atoms with van der Waals surface area (Å²) in [6, 6.07) is 0. The van der Waals surface area contributed by atoms with Crippen LogP contribution in [0.5, 0.6) is 0 Å². The van der Waals surface area contributed by atoms with Crippen LogP contribution in [0.3, 0.4) is 0 Å². The van der Waals surface area contributed by atoms with Crippen LogP contribution in [0.25, 0.3) is 0 Å². The van der Waals surface area contributed by atoms with Gasteiger partial charge in [-0.2, -0.15) is 0 Å². The smallest absolute Gasteiger partial charge is 0.0859 e. The van der Waals surface area contributed by atoms with Crippen molar-refractivity contribution in [3.63, 3.8) is 0 Å². The first kappa shape index (κ1) is 12.1. The molecule has 0 aromatic rings. The molecule has 0 spiro atoms. The molecule has 4 heteroatoms. The average Bonchev–Trinajstić information content (AvgIpc) is 2.90. The Labute approximate surface area is 107 Å². The van der Waals surface area contributed by atoms with Gasteiger partial charge in [-0.25, -0.2) is 0 Å². The minimum atomic E-state index is -0.745. The molecule has 3 rings (SSSR count). The number of hydrogen-bond donors (Lipinski definition) is 0. The van der Waals surface area contributed by atoms with Crippen LogP contribution in [0.1, 0.15) is 38.5 Å². The standard InChI is InChI=1S/C13H21B2NO/c14-13(15,12-6-1-2-7-17-12)16-8-10-4-3-5-11(10)9-16/h10-12H,1-9H2. The third-order valence-electron chi connectivity index (χ3n) is 4.97. The van der Waals surface area contributed by atoms with E-state index in [1.807, 2.05) is 0 Å². The molecule has 2 aliphatic heterocycles. The van der Waals surface area contributed by atoms with Crippen LogP contribution in [-0.2, 0) is 4.74 Å². The van der Waals surface area contributed by atoms with Crippen molar-refractivity contribution in [1.29, 1.82) is 0 Å². The summed E-state index contributed by atoms with van der Waals surface area (Å²) in [5, 5.41) is -0.745. The molecule has 4 radical (unpaired) electrons. The molecule has 90 valence electrons. The Kier molecular flexibility index (Phi) is 3.29. The Balaban J connectivity index is 1.66. The van der Waals surface area contributed by atoms with Gasteiger partial charge in [-0.15, -0.1) is 0 Å². The number of ether oxygens (including phenoxy) is 1. The third-order valence-corrected chi connectivity index (χ3v) is 4.97. The highest BCUT2D eigenvalue weighted by Crippen LogP contribution is 2.40. The van der Waals surface area contributed by atoms with Gasteiger partial charge in [-0.3, -0.25) is 0 Å². The number of fused-ring (bicyclic) bond motifs is 1. The highest BCUT2D eigenvalue weighted by atomic mass is 16.5. The van der Waals surface area contributed by atoms with E-state index in [0.29, 0.717) is 0 Å². The second kappa shape index (κ2) is 4.62. The van der Waals surface area contributed by atoms with Gasteiger partial charge in [0.25, 0.3) is 0 Å². The fourth-order valence-corrected chi connectivity index (χ4v) is 3.86. The molecule has 3 aliphatic rings. The van der Waals surface area contributed by atoms with Gasteiger partial charge in [0, 0.05) is 19.7 Å². The van der Waals surface area contributed by atoms with Crippen molar-refractivity contribution in [3.8, 4) is 0 Å². The number of rotatable bonds is 2. The van der Waals surface area contributed by atoms with Crippen LogP contribution in [0.4, 0.5) is 0 Å². The molecule has 1 aliphatic carbocycles. The van der Waals surface area contributed by atoms with E-state index in [0.717, 1.165) is 44.4 Å². The van der Waals surface area contributed by atoms with Crippen LogP contribution in [0.2, 0.25) is 0 Å². The number of hydrogen-bond acceptors (Lipinski definition) is 2. The van der Waals surface area contributed by atoms with Crippen LogP contribution in [0, 0.1) is 11.8 Å². The molecule has 2 saturated heterocycles. The Morgan fingerprint density at radius 3 is 2.24 bits per heavy atom. The zero-order valence-electron chi connectivity index (χ0n) is 10.6. The minimum Gasteiger partial charge on any atom is -0.378 e. The third kappa shape index (κ3) is 2.19. The Morgan fingerprint density at radius 2 is 1.65 bits per heavy atom. The summed E-state index contributed by atoms with van der Waals surface area (Å²) >= 11 is 0. The summed E-state index contributed by atoms with van der Waals surface area (Å²) in [6.07, 6.45) is 7.50. The van der Waals surface area contributed by atoms with Gasteiger partial charge in [0.15, 0.2) is 0 Å². The van der Waals surface area contributed by atoms with Crippen molar-refractivity contribution < 1.29 is 4.74 Å². The predicted octanol–water partition coefficient (Wildman–Crippen LogP) is 1.28. The number of nitrogens with zero attached hydrogens (tertiary/aromatic N) is 1. The minimum absolute atomic E-state index is 0.0232. The van der Waals surface area contributed by atoms with Crippen molar-refractivity contribution in [1.82, 2.24) is 4.90 Å². The van der Waals surface area contributed by atoms with Gasteiger partial charge in [0.1, 0.15) is 0 Å². The topological polar surface area (TPSA) is 12.5 Å². The van der Waals surface area contributed by atoms with Crippen molar-refractivity contribution in [2.45, 2.75) is 50.0 Å². The Morgan fingerprint density at radius 1 is 0.941 bits per heavy atom. The maximum Gasteiger partial charge on any atom is 0.0859 e. The maximum absolute atomic E-state index is 6.38. The molecule has 1 saturated carbocycles. The van der Waals surface area contributed by atoms with Crippen LogP contribution in [0.15, 0.2) is 0 Å². The van der Waals surface area contributed by atoms with Gasteiger partial charge < -0.3 is 9.64 Å². The van der Waals surface area contributed by atoms with Gasteiger partial charge in [-0.1, -0.05) is 6.42 Å². The maximum atomic E-state index is 6.38.